The molecule has 4 rings (SSSR count). The van der Waals surface area contributed by atoms with Gasteiger partial charge in [0.25, 0.3) is 0 Å². The standard InChI is InChI=1S/C20H14BrFN2S/c21-15-3-1-2-14(11-15)17-9-13(8-12-4-6-16(22)7-5-12)10-18-19(17)24-20(23)25-18/h1-7,9-11H,8H2,(H2,23,24). The average Bonchev–Trinajstić information content (AvgIpc) is 2.96. The molecule has 0 amide bonds. The van der Waals surface area contributed by atoms with Gasteiger partial charge in [-0.3, -0.25) is 0 Å². The highest BCUT2D eigenvalue weighted by atomic mass is 79.9. The molecule has 0 atom stereocenters. The van der Waals surface area contributed by atoms with E-state index in [2.05, 4.69) is 45.2 Å². The van der Waals surface area contributed by atoms with Crippen LogP contribution in [0.15, 0.2) is 65.1 Å². The van der Waals surface area contributed by atoms with Crippen molar-refractivity contribution < 1.29 is 4.39 Å². The summed E-state index contributed by atoms with van der Waals surface area (Å²) >= 11 is 5.02. The van der Waals surface area contributed by atoms with Crippen molar-refractivity contribution in [1.29, 1.82) is 0 Å². The highest BCUT2D eigenvalue weighted by Gasteiger charge is 2.12. The number of nitrogens with zero attached hydrogens (tertiary/aromatic N) is 1. The number of halogens is 2. The first-order valence-electron chi connectivity index (χ1n) is 7.78. The molecule has 0 aliphatic rings. The van der Waals surface area contributed by atoms with Gasteiger partial charge in [-0.25, -0.2) is 9.37 Å². The zero-order valence-electron chi connectivity index (χ0n) is 13.2. The van der Waals surface area contributed by atoms with Gasteiger partial charge < -0.3 is 5.73 Å². The zero-order valence-corrected chi connectivity index (χ0v) is 15.6. The largest absolute Gasteiger partial charge is 0.375 e. The van der Waals surface area contributed by atoms with Crippen molar-refractivity contribution in [1.82, 2.24) is 4.98 Å². The average molecular weight is 413 g/mol. The lowest BCUT2D eigenvalue weighted by Crippen LogP contribution is -1.91. The summed E-state index contributed by atoms with van der Waals surface area (Å²) in [4.78, 5) is 4.51. The maximum Gasteiger partial charge on any atom is 0.181 e. The van der Waals surface area contributed by atoms with Crippen molar-refractivity contribution in [3.05, 3.63) is 82.1 Å². The topological polar surface area (TPSA) is 38.9 Å². The second kappa shape index (κ2) is 6.58. The van der Waals surface area contributed by atoms with Crippen LogP contribution in [0.5, 0.6) is 0 Å². The minimum absolute atomic E-state index is 0.218. The summed E-state index contributed by atoms with van der Waals surface area (Å²) in [5.41, 5.74) is 11.2. The quantitative estimate of drug-likeness (QED) is 0.445. The van der Waals surface area contributed by atoms with Crippen LogP contribution in [0.25, 0.3) is 21.3 Å². The van der Waals surface area contributed by atoms with Gasteiger partial charge in [0, 0.05) is 10.0 Å². The Morgan fingerprint density at radius 1 is 1.00 bits per heavy atom. The predicted octanol–water partition coefficient (Wildman–Crippen LogP) is 6.04. The molecule has 0 aliphatic carbocycles. The molecule has 124 valence electrons. The Kier molecular flexibility index (Phi) is 4.27. The van der Waals surface area contributed by atoms with Gasteiger partial charge in [-0.1, -0.05) is 51.5 Å². The third-order valence-electron chi connectivity index (χ3n) is 4.03. The number of thiazole rings is 1. The van der Waals surface area contributed by atoms with Gasteiger partial charge in [0.05, 0.1) is 10.2 Å². The molecular weight excluding hydrogens is 399 g/mol. The zero-order chi connectivity index (χ0) is 17.4. The van der Waals surface area contributed by atoms with Crippen molar-refractivity contribution in [3.63, 3.8) is 0 Å². The molecule has 0 saturated carbocycles. The van der Waals surface area contributed by atoms with E-state index in [9.17, 15) is 4.39 Å². The number of nitrogens with two attached hydrogens (primary N) is 1. The molecule has 1 aromatic heterocycles. The minimum atomic E-state index is -0.218. The molecule has 1 heterocycles. The lowest BCUT2D eigenvalue weighted by atomic mass is 9.98. The number of benzene rings is 3. The smallest absolute Gasteiger partial charge is 0.181 e. The van der Waals surface area contributed by atoms with Crippen molar-refractivity contribution in [2.75, 3.05) is 5.73 Å². The Labute approximate surface area is 157 Å². The third kappa shape index (κ3) is 3.43. The number of fused-ring (bicyclic) bond motifs is 1. The van der Waals surface area contributed by atoms with E-state index in [1.165, 1.54) is 23.5 Å². The van der Waals surface area contributed by atoms with Crippen LogP contribution in [0.4, 0.5) is 9.52 Å². The monoisotopic (exact) mass is 412 g/mol. The van der Waals surface area contributed by atoms with E-state index in [1.807, 2.05) is 24.3 Å². The van der Waals surface area contributed by atoms with Crippen LogP contribution >= 0.6 is 27.3 Å². The third-order valence-corrected chi connectivity index (χ3v) is 5.35. The molecule has 2 N–H and O–H groups in total. The van der Waals surface area contributed by atoms with Crippen LogP contribution in [0.1, 0.15) is 11.1 Å². The van der Waals surface area contributed by atoms with Crippen LogP contribution in [-0.4, -0.2) is 4.98 Å². The molecule has 0 radical (unpaired) electrons. The van der Waals surface area contributed by atoms with E-state index in [-0.39, 0.29) is 5.82 Å². The molecule has 0 fully saturated rings. The fourth-order valence-electron chi connectivity index (χ4n) is 2.92. The van der Waals surface area contributed by atoms with Crippen molar-refractivity contribution in [2.24, 2.45) is 0 Å². The fourth-order valence-corrected chi connectivity index (χ4v) is 4.14. The first-order valence-corrected chi connectivity index (χ1v) is 9.39. The van der Waals surface area contributed by atoms with E-state index in [0.29, 0.717) is 5.13 Å². The van der Waals surface area contributed by atoms with Gasteiger partial charge in [-0.15, -0.1) is 0 Å². The van der Waals surface area contributed by atoms with E-state index >= 15 is 0 Å². The number of hydrogen-bond donors (Lipinski definition) is 1. The second-order valence-corrected chi connectivity index (χ2v) is 7.83. The Balaban J connectivity index is 1.84. The molecular formula is C20H14BrFN2S. The summed E-state index contributed by atoms with van der Waals surface area (Å²) in [6, 6.07) is 19.0. The first-order chi connectivity index (χ1) is 12.1. The van der Waals surface area contributed by atoms with Crippen LogP contribution < -0.4 is 5.73 Å². The van der Waals surface area contributed by atoms with Crippen molar-refractivity contribution in [2.45, 2.75) is 6.42 Å². The van der Waals surface area contributed by atoms with E-state index in [1.54, 1.807) is 0 Å². The molecule has 0 unspecified atom stereocenters. The van der Waals surface area contributed by atoms with E-state index in [4.69, 9.17) is 5.73 Å². The van der Waals surface area contributed by atoms with Gasteiger partial charge in [0.15, 0.2) is 5.13 Å². The fraction of sp³-hybridized carbons (Fsp3) is 0.0500. The van der Waals surface area contributed by atoms with Gasteiger partial charge in [-0.05, 0) is 59.5 Å². The van der Waals surface area contributed by atoms with Gasteiger partial charge in [0.2, 0.25) is 0 Å². The maximum atomic E-state index is 13.1. The van der Waals surface area contributed by atoms with Crippen molar-refractivity contribution in [3.8, 4) is 11.1 Å². The summed E-state index contributed by atoms with van der Waals surface area (Å²) in [5, 5.41) is 0.560. The molecule has 0 aliphatic heterocycles. The Hall–Kier alpha value is -2.24. The molecule has 0 spiro atoms. The van der Waals surface area contributed by atoms with E-state index < -0.39 is 0 Å². The molecule has 2 nitrogen and oxygen atoms in total. The van der Waals surface area contributed by atoms with Crippen LogP contribution in [0.2, 0.25) is 0 Å². The molecule has 4 aromatic rings. The Morgan fingerprint density at radius 2 is 1.80 bits per heavy atom. The predicted molar refractivity (Wildman–Crippen MR) is 106 cm³/mol. The number of anilines is 1. The summed E-state index contributed by atoms with van der Waals surface area (Å²) in [6.07, 6.45) is 0.731. The van der Waals surface area contributed by atoms with Crippen LogP contribution in [0, 0.1) is 5.82 Å². The molecule has 0 saturated heterocycles. The van der Waals surface area contributed by atoms with Gasteiger partial charge in [0.1, 0.15) is 5.82 Å². The first kappa shape index (κ1) is 16.2. The SMILES string of the molecule is Nc1nc2c(-c3cccc(Br)c3)cc(Cc3ccc(F)cc3)cc2s1. The van der Waals surface area contributed by atoms with Gasteiger partial charge in [-0.2, -0.15) is 0 Å². The van der Waals surface area contributed by atoms with Crippen molar-refractivity contribution >= 4 is 42.6 Å². The molecule has 5 heteroatoms. The normalized spacial score (nSPS) is 11.1. The minimum Gasteiger partial charge on any atom is -0.375 e. The lowest BCUT2D eigenvalue weighted by Gasteiger charge is -2.08. The Morgan fingerprint density at radius 3 is 2.56 bits per heavy atom. The summed E-state index contributed by atoms with van der Waals surface area (Å²) in [5.74, 6) is -0.218. The number of rotatable bonds is 3. The summed E-state index contributed by atoms with van der Waals surface area (Å²) in [6.45, 7) is 0. The van der Waals surface area contributed by atoms with Crippen LogP contribution in [0.3, 0.4) is 0 Å². The Bertz CT molecular complexity index is 1060. The lowest BCUT2D eigenvalue weighted by molar-refractivity contribution is 0.627. The highest BCUT2D eigenvalue weighted by molar-refractivity contribution is 9.10. The second-order valence-electron chi connectivity index (χ2n) is 5.86. The summed E-state index contributed by atoms with van der Waals surface area (Å²) < 4.78 is 15.2. The number of nitrogen functional groups attached to an aromatic ring is 1. The number of hydrogen-bond acceptors (Lipinski definition) is 3. The number of aromatic nitrogens is 1. The van der Waals surface area contributed by atoms with Crippen LogP contribution in [-0.2, 0) is 6.42 Å². The van der Waals surface area contributed by atoms with E-state index in [0.717, 1.165) is 43.4 Å². The van der Waals surface area contributed by atoms with Gasteiger partial charge >= 0.3 is 0 Å². The highest BCUT2D eigenvalue weighted by Crippen LogP contribution is 2.35. The molecule has 3 aromatic carbocycles. The molecule has 0 bridgehead atoms. The molecule has 25 heavy (non-hydrogen) atoms. The maximum absolute atomic E-state index is 13.1. The summed E-state index contributed by atoms with van der Waals surface area (Å²) in [7, 11) is 0.